The number of hydrogen-bond acceptors (Lipinski definition) is 10. The van der Waals surface area contributed by atoms with Crippen molar-refractivity contribution in [3.05, 3.63) is 180 Å². The van der Waals surface area contributed by atoms with Crippen molar-refractivity contribution in [3.8, 4) is 0 Å². The molecule has 0 radical (unpaired) electrons. The average molecular weight is 825 g/mol. The maximum absolute atomic E-state index is 13.8. The van der Waals surface area contributed by atoms with Gasteiger partial charge in [-0.15, -0.1) is 0 Å². The molecule has 0 aliphatic heterocycles. The fourth-order valence-electron chi connectivity index (χ4n) is 5.32. The van der Waals surface area contributed by atoms with Gasteiger partial charge < -0.3 is 20.9 Å². The summed E-state index contributed by atoms with van der Waals surface area (Å²) in [5, 5.41) is 1.49. The molecule has 0 saturated heterocycles. The van der Waals surface area contributed by atoms with E-state index in [-0.39, 0.29) is 42.6 Å². The topological polar surface area (TPSA) is 181 Å². The van der Waals surface area contributed by atoms with Crippen LogP contribution in [0.4, 0.5) is 33.3 Å². The van der Waals surface area contributed by atoms with Crippen LogP contribution in [0.1, 0.15) is 52.8 Å². The molecule has 60 heavy (non-hydrogen) atoms. The van der Waals surface area contributed by atoms with Gasteiger partial charge >= 0.3 is 12.1 Å². The molecule has 6 rings (SSSR count). The van der Waals surface area contributed by atoms with Crippen LogP contribution in [0.15, 0.2) is 134 Å². The Kier molecular flexibility index (Phi) is 14.7. The van der Waals surface area contributed by atoms with Gasteiger partial charge in [0, 0.05) is 70.8 Å². The van der Waals surface area contributed by atoms with Crippen LogP contribution in [0.25, 0.3) is 0 Å². The highest BCUT2D eigenvalue weighted by Crippen LogP contribution is 2.23. The summed E-state index contributed by atoms with van der Waals surface area (Å²) in [5.74, 6) is -4.97. The van der Waals surface area contributed by atoms with Gasteiger partial charge in [0.1, 0.15) is 11.6 Å². The summed E-state index contributed by atoms with van der Waals surface area (Å²) < 4.78 is 64.2. The highest BCUT2D eigenvalue weighted by atomic mass is 19.4. The van der Waals surface area contributed by atoms with Gasteiger partial charge in [-0.25, -0.2) is 8.78 Å². The van der Waals surface area contributed by atoms with Crippen molar-refractivity contribution < 1.29 is 45.9 Å². The van der Waals surface area contributed by atoms with E-state index in [1.54, 1.807) is 36.4 Å². The van der Waals surface area contributed by atoms with Crippen LogP contribution in [-0.4, -0.2) is 68.5 Å². The predicted molar refractivity (Wildman–Crippen MR) is 208 cm³/mol. The maximum atomic E-state index is 13.8. The van der Waals surface area contributed by atoms with E-state index in [1.165, 1.54) is 107 Å². The molecular formula is C42H33F5N8O5. The molecule has 0 fully saturated rings. The number of nitrogens with one attached hydrogen (secondary N) is 1. The maximum Gasteiger partial charge on any atom is 0.471 e. The number of aromatic nitrogens is 4. The lowest BCUT2D eigenvalue weighted by atomic mass is 10.1. The third-order valence-electron chi connectivity index (χ3n) is 8.37. The second kappa shape index (κ2) is 20.2. The van der Waals surface area contributed by atoms with Crippen LogP contribution in [0.3, 0.4) is 0 Å². The number of rotatable bonds is 13. The highest BCUT2D eigenvalue weighted by Gasteiger charge is 2.38. The number of benzene rings is 2. The number of ketones is 2. The zero-order chi connectivity index (χ0) is 43.2. The summed E-state index contributed by atoms with van der Waals surface area (Å²) in [6.45, 7) is -0.919. The number of carbonyl (C=O) groups excluding carboxylic acids is 5. The number of nitrogens with zero attached hydrogens (tertiary/aromatic N) is 6. The molecule has 4 aromatic heterocycles. The molecule has 13 nitrogen and oxygen atoms in total. The van der Waals surface area contributed by atoms with Gasteiger partial charge in [-0.05, 0) is 84.9 Å². The van der Waals surface area contributed by atoms with E-state index in [0.717, 1.165) is 6.20 Å². The second-order valence-electron chi connectivity index (χ2n) is 12.5. The first-order valence-electron chi connectivity index (χ1n) is 17.7. The van der Waals surface area contributed by atoms with Crippen LogP contribution >= 0.6 is 0 Å². The molecule has 0 atom stereocenters. The standard InChI is InChI=1S/C22H16F4N4O3.C20H17FN4O2/c23-16-2-1-3-18(10-16)30(20(32)14-6-8-27-9-7-14)13-17-5-4-15(11-28-17)19(31)12-29-21(33)22(24,25)26;21-16-2-1-3-18(10-16)25(20(27)14-6-8-23-9-7-14)13-17-5-4-15(12-24-17)19(26)11-22/h1-11H,12-13H2,(H,29,33);1-10,12H,11,13,22H2. The molecule has 18 heteroatoms. The van der Waals surface area contributed by atoms with Crippen molar-refractivity contribution in [2.24, 2.45) is 5.73 Å². The summed E-state index contributed by atoms with van der Waals surface area (Å²) in [4.78, 5) is 79.3. The number of Topliss-reactive ketones (excluding diaryl/α,β-unsaturated/α-hetero) is 2. The number of halogens is 5. The number of alkyl halides is 3. The SMILES string of the molecule is NCC(=O)c1ccc(CN(C(=O)c2ccncc2)c2cccc(F)c2)nc1.O=C(CNC(=O)C(F)(F)F)c1ccc(CN(C(=O)c2ccncc2)c2cccc(F)c2)nc1. The Bertz CT molecular complexity index is 2440. The molecular weight excluding hydrogens is 792 g/mol. The number of pyridine rings is 4. The lowest BCUT2D eigenvalue weighted by molar-refractivity contribution is -0.173. The van der Waals surface area contributed by atoms with E-state index in [0.29, 0.717) is 33.8 Å². The number of anilines is 2. The molecule has 3 N–H and O–H groups in total. The first-order valence-corrected chi connectivity index (χ1v) is 17.7. The Morgan fingerprint density at radius 3 is 1.38 bits per heavy atom. The summed E-state index contributed by atoms with van der Waals surface area (Å²) in [6.07, 6.45) is 3.36. The summed E-state index contributed by atoms with van der Waals surface area (Å²) in [5.41, 5.74) is 8.00. The van der Waals surface area contributed by atoms with Crippen molar-refractivity contribution in [1.82, 2.24) is 25.3 Å². The Morgan fingerprint density at radius 1 is 0.583 bits per heavy atom. The second-order valence-corrected chi connectivity index (χ2v) is 12.5. The molecule has 0 saturated carbocycles. The molecule has 0 unspecified atom stereocenters. The van der Waals surface area contributed by atoms with Gasteiger partial charge in [-0.1, -0.05) is 12.1 Å². The predicted octanol–water partition coefficient (Wildman–Crippen LogP) is 5.93. The van der Waals surface area contributed by atoms with Crippen LogP contribution in [0.5, 0.6) is 0 Å². The average Bonchev–Trinajstić information content (AvgIpc) is 3.26. The Morgan fingerprint density at radius 2 is 1.02 bits per heavy atom. The minimum absolute atomic E-state index is 0.0287. The molecule has 4 heterocycles. The lowest BCUT2D eigenvalue weighted by Gasteiger charge is -2.23. The van der Waals surface area contributed by atoms with Gasteiger partial charge in [-0.2, -0.15) is 13.2 Å². The Hall–Kier alpha value is -7.60. The first kappa shape index (κ1) is 43.5. The molecule has 6 aromatic rings. The lowest BCUT2D eigenvalue weighted by Crippen LogP contribution is -2.39. The largest absolute Gasteiger partial charge is 0.471 e. The first-order chi connectivity index (χ1) is 28.7. The van der Waals surface area contributed by atoms with E-state index in [1.807, 2.05) is 0 Å². The minimum Gasteiger partial charge on any atom is -0.341 e. The zero-order valence-corrected chi connectivity index (χ0v) is 31.2. The molecule has 0 aliphatic rings. The molecule has 0 spiro atoms. The van der Waals surface area contributed by atoms with Gasteiger partial charge in [0.15, 0.2) is 11.6 Å². The molecule has 2 aromatic carbocycles. The fourth-order valence-corrected chi connectivity index (χ4v) is 5.32. The van der Waals surface area contributed by atoms with Crippen LogP contribution in [-0.2, 0) is 17.9 Å². The van der Waals surface area contributed by atoms with E-state index >= 15 is 0 Å². The summed E-state index contributed by atoms with van der Waals surface area (Å²) in [6, 6.07) is 23.3. The minimum atomic E-state index is -5.09. The fraction of sp³-hybridized carbons (Fsp3) is 0.119. The smallest absolute Gasteiger partial charge is 0.341 e. The summed E-state index contributed by atoms with van der Waals surface area (Å²) in [7, 11) is 0. The number of carbonyl (C=O) groups is 5. The van der Waals surface area contributed by atoms with Gasteiger partial charge in [0.2, 0.25) is 0 Å². The van der Waals surface area contributed by atoms with E-state index in [9.17, 15) is 45.9 Å². The van der Waals surface area contributed by atoms with E-state index in [4.69, 9.17) is 5.73 Å². The van der Waals surface area contributed by atoms with Crippen molar-refractivity contribution >= 4 is 40.7 Å². The number of amides is 3. The van der Waals surface area contributed by atoms with Crippen LogP contribution < -0.4 is 20.9 Å². The molecule has 3 amide bonds. The van der Waals surface area contributed by atoms with Crippen molar-refractivity contribution in [1.29, 1.82) is 0 Å². The Labute approximate surface area is 338 Å². The normalized spacial score (nSPS) is 10.8. The van der Waals surface area contributed by atoms with Gasteiger partial charge in [0.05, 0.1) is 37.6 Å². The quantitative estimate of drug-likeness (QED) is 0.105. The molecule has 0 aliphatic carbocycles. The van der Waals surface area contributed by atoms with E-state index in [2.05, 4.69) is 19.9 Å². The zero-order valence-electron chi connectivity index (χ0n) is 31.2. The molecule has 306 valence electrons. The summed E-state index contributed by atoms with van der Waals surface area (Å²) >= 11 is 0. The third-order valence-corrected chi connectivity index (χ3v) is 8.37. The van der Waals surface area contributed by atoms with Crippen molar-refractivity contribution in [2.75, 3.05) is 22.9 Å². The van der Waals surface area contributed by atoms with Gasteiger partial charge in [-0.3, -0.25) is 43.9 Å². The number of nitrogens with two attached hydrogens (primary N) is 1. The van der Waals surface area contributed by atoms with Gasteiger partial charge in [0.25, 0.3) is 11.8 Å². The van der Waals surface area contributed by atoms with Crippen LogP contribution in [0.2, 0.25) is 0 Å². The monoisotopic (exact) mass is 824 g/mol. The number of hydrogen-bond donors (Lipinski definition) is 2. The van der Waals surface area contributed by atoms with E-state index < -0.39 is 42.0 Å². The highest BCUT2D eigenvalue weighted by molar-refractivity contribution is 6.06. The third kappa shape index (κ3) is 12.0. The van der Waals surface area contributed by atoms with Crippen molar-refractivity contribution in [3.63, 3.8) is 0 Å². The van der Waals surface area contributed by atoms with Crippen molar-refractivity contribution in [2.45, 2.75) is 19.3 Å². The van der Waals surface area contributed by atoms with Crippen LogP contribution in [0, 0.1) is 11.6 Å². The molecule has 0 bridgehead atoms. The Balaban J connectivity index is 0.000000232.